The van der Waals surface area contributed by atoms with E-state index in [-0.39, 0.29) is 11.9 Å². The molecule has 0 bridgehead atoms. The Hall–Kier alpha value is -3.61. The van der Waals surface area contributed by atoms with Gasteiger partial charge >= 0.3 is 0 Å². The van der Waals surface area contributed by atoms with Gasteiger partial charge in [0, 0.05) is 18.8 Å². The highest BCUT2D eigenvalue weighted by Gasteiger charge is 2.26. The van der Waals surface area contributed by atoms with E-state index in [4.69, 9.17) is 5.41 Å². The third-order valence-electron chi connectivity index (χ3n) is 5.75. The number of anilines is 3. The normalized spacial score (nSPS) is 13.7. The van der Waals surface area contributed by atoms with Crippen LogP contribution in [0.15, 0.2) is 67.0 Å². The van der Waals surface area contributed by atoms with Gasteiger partial charge in [-0.1, -0.05) is 61.9 Å². The van der Waals surface area contributed by atoms with Crippen molar-refractivity contribution in [2.75, 3.05) is 17.2 Å². The number of rotatable bonds is 10. The van der Waals surface area contributed by atoms with Crippen molar-refractivity contribution in [2.45, 2.75) is 38.1 Å². The molecule has 6 nitrogen and oxygen atoms in total. The maximum Gasteiger partial charge on any atom is 0.209 e. The second kappa shape index (κ2) is 10.1. The number of halogens is 1. The first-order valence-corrected chi connectivity index (χ1v) is 11.0. The number of benzene rings is 2. The van der Waals surface area contributed by atoms with Gasteiger partial charge in [-0.25, -0.2) is 9.37 Å². The molecule has 0 saturated heterocycles. The van der Waals surface area contributed by atoms with Crippen LogP contribution in [0, 0.1) is 11.2 Å². The van der Waals surface area contributed by atoms with Crippen LogP contribution in [0.25, 0.3) is 0 Å². The number of imidazole rings is 1. The summed E-state index contributed by atoms with van der Waals surface area (Å²) in [6, 6.07) is 17.0. The molecule has 4 rings (SSSR count). The van der Waals surface area contributed by atoms with Crippen LogP contribution in [0.3, 0.4) is 0 Å². The second-order valence-electron chi connectivity index (χ2n) is 7.99. The summed E-state index contributed by atoms with van der Waals surface area (Å²) >= 11 is 0. The SMILES string of the molecule is C=C(NCCc1ccccc1)Nc1c(C=N)nc(Nc2ccccc2F)n1C1CCCC1. The number of nitrogens with zero attached hydrogens (tertiary/aromatic N) is 2. The minimum atomic E-state index is -0.341. The Morgan fingerprint density at radius 2 is 1.84 bits per heavy atom. The monoisotopic (exact) mass is 432 g/mol. The lowest BCUT2D eigenvalue weighted by atomic mass is 10.1. The number of nitrogens with one attached hydrogen (secondary N) is 4. The van der Waals surface area contributed by atoms with Gasteiger partial charge in [0.1, 0.15) is 17.3 Å². The Balaban J connectivity index is 1.54. The molecule has 166 valence electrons. The summed E-state index contributed by atoms with van der Waals surface area (Å²) in [7, 11) is 0. The molecule has 1 saturated carbocycles. The van der Waals surface area contributed by atoms with E-state index < -0.39 is 0 Å². The first-order valence-electron chi connectivity index (χ1n) is 11.0. The number of para-hydroxylation sites is 1. The molecule has 0 unspecified atom stereocenters. The van der Waals surface area contributed by atoms with Crippen LogP contribution >= 0.6 is 0 Å². The molecule has 1 heterocycles. The predicted octanol–water partition coefficient (Wildman–Crippen LogP) is 5.59. The quantitative estimate of drug-likeness (QED) is 0.315. The Kier molecular flexibility index (Phi) is 6.84. The van der Waals surface area contributed by atoms with E-state index in [0.29, 0.717) is 29.0 Å². The van der Waals surface area contributed by atoms with Gasteiger partial charge in [0.05, 0.1) is 11.5 Å². The van der Waals surface area contributed by atoms with Gasteiger partial charge in [-0.2, -0.15) is 0 Å². The molecule has 0 spiro atoms. The Bertz CT molecular complexity index is 1070. The highest BCUT2D eigenvalue weighted by atomic mass is 19.1. The molecule has 1 aromatic heterocycles. The number of hydrogen-bond donors (Lipinski definition) is 4. The van der Waals surface area contributed by atoms with Gasteiger partial charge in [0.2, 0.25) is 5.95 Å². The minimum Gasteiger partial charge on any atom is -0.372 e. The molecule has 1 fully saturated rings. The first-order chi connectivity index (χ1) is 15.7. The zero-order valence-corrected chi connectivity index (χ0v) is 18.1. The van der Waals surface area contributed by atoms with Crippen molar-refractivity contribution in [1.29, 1.82) is 5.41 Å². The third kappa shape index (κ3) is 4.99. The van der Waals surface area contributed by atoms with Gasteiger partial charge in [-0.3, -0.25) is 4.57 Å². The second-order valence-corrected chi connectivity index (χ2v) is 7.99. The third-order valence-corrected chi connectivity index (χ3v) is 5.75. The van der Waals surface area contributed by atoms with Crippen LogP contribution in [0.2, 0.25) is 0 Å². The van der Waals surface area contributed by atoms with Crippen molar-refractivity contribution in [1.82, 2.24) is 14.9 Å². The Morgan fingerprint density at radius 3 is 2.56 bits per heavy atom. The average molecular weight is 433 g/mol. The summed E-state index contributed by atoms with van der Waals surface area (Å²) in [5, 5.41) is 17.7. The summed E-state index contributed by atoms with van der Waals surface area (Å²) in [6.07, 6.45) is 6.40. The van der Waals surface area contributed by atoms with Crippen molar-refractivity contribution in [2.24, 2.45) is 0 Å². The molecule has 32 heavy (non-hydrogen) atoms. The fraction of sp³-hybridized carbons (Fsp3) is 0.280. The van der Waals surface area contributed by atoms with Crippen LogP contribution in [0.5, 0.6) is 0 Å². The molecule has 1 aliphatic carbocycles. The topological polar surface area (TPSA) is 77.8 Å². The Labute approximate surface area is 188 Å². The maximum absolute atomic E-state index is 14.3. The minimum absolute atomic E-state index is 0.227. The van der Waals surface area contributed by atoms with Gasteiger partial charge < -0.3 is 21.4 Å². The van der Waals surface area contributed by atoms with Gasteiger partial charge in [-0.05, 0) is 37.0 Å². The van der Waals surface area contributed by atoms with Gasteiger partial charge in [-0.15, -0.1) is 0 Å². The lowest BCUT2D eigenvalue weighted by Gasteiger charge is -2.21. The smallest absolute Gasteiger partial charge is 0.209 e. The zero-order chi connectivity index (χ0) is 22.3. The average Bonchev–Trinajstić information content (AvgIpc) is 3.44. The van der Waals surface area contributed by atoms with Crippen LogP contribution in [-0.2, 0) is 6.42 Å². The van der Waals surface area contributed by atoms with Crippen molar-refractivity contribution in [3.63, 3.8) is 0 Å². The van der Waals surface area contributed by atoms with Crippen LogP contribution in [-0.4, -0.2) is 22.3 Å². The first kappa shape index (κ1) is 21.6. The van der Waals surface area contributed by atoms with Crippen molar-refractivity contribution >= 4 is 23.7 Å². The van der Waals surface area contributed by atoms with Crippen molar-refractivity contribution in [3.8, 4) is 0 Å². The molecular formula is C25H29FN6. The lowest BCUT2D eigenvalue weighted by molar-refractivity contribution is 0.529. The predicted molar refractivity (Wildman–Crippen MR) is 128 cm³/mol. The van der Waals surface area contributed by atoms with E-state index in [1.807, 2.05) is 18.2 Å². The fourth-order valence-corrected chi connectivity index (χ4v) is 4.15. The Morgan fingerprint density at radius 1 is 1.12 bits per heavy atom. The molecule has 7 heteroatoms. The van der Waals surface area contributed by atoms with Crippen molar-refractivity contribution < 1.29 is 4.39 Å². The van der Waals surface area contributed by atoms with E-state index in [1.165, 1.54) is 17.8 Å². The number of hydrogen-bond acceptors (Lipinski definition) is 5. The van der Waals surface area contributed by atoms with E-state index in [9.17, 15) is 4.39 Å². The zero-order valence-electron chi connectivity index (χ0n) is 18.1. The molecule has 4 N–H and O–H groups in total. The summed E-state index contributed by atoms with van der Waals surface area (Å²) < 4.78 is 16.3. The summed E-state index contributed by atoms with van der Waals surface area (Å²) in [5.74, 6) is 1.52. The van der Waals surface area contributed by atoms with E-state index in [0.717, 1.165) is 38.6 Å². The molecule has 1 aliphatic rings. The van der Waals surface area contributed by atoms with Crippen molar-refractivity contribution in [3.05, 3.63) is 84.1 Å². The van der Waals surface area contributed by atoms with Gasteiger partial charge in [0.15, 0.2) is 0 Å². The largest absolute Gasteiger partial charge is 0.372 e. The molecule has 3 aromatic rings. The van der Waals surface area contributed by atoms with E-state index in [1.54, 1.807) is 18.2 Å². The summed E-state index contributed by atoms with van der Waals surface area (Å²) in [5.41, 5.74) is 2.10. The van der Waals surface area contributed by atoms with Crippen LogP contribution in [0.4, 0.5) is 21.8 Å². The summed E-state index contributed by atoms with van der Waals surface area (Å²) in [6.45, 7) is 4.84. The summed E-state index contributed by atoms with van der Waals surface area (Å²) in [4.78, 5) is 4.60. The molecule has 0 atom stereocenters. The lowest BCUT2D eigenvalue weighted by Crippen LogP contribution is -2.23. The molecule has 0 amide bonds. The highest BCUT2D eigenvalue weighted by Crippen LogP contribution is 2.37. The van der Waals surface area contributed by atoms with Crippen LogP contribution < -0.4 is 16.0 Å². The molecular weight excluding hydrogens is 403 g/mol. The fourth-order valence-electron chi connectivity index (χ4n) is 4.15. The van der Waals surface area contributed by atoms with E-state index in [2.05, 4.69) is 44.2 Å². The number of aromatic nitrogens is 2. The maximum atomic E-state index is 14.3. The molecule has 0 aliphatic heterocycles. The standard InChI is InChI=1S/C25H29FN6/c1-18(28-16-15-19-9-3-2-4-10-19)29-24-23(17-27)31-25(32(24)20-11-5-6-12-20)30-22-14-8-7-13-21(22)26/h2-4,7-10,13-14,17,20,27-29H,1,5-6,11-12,15-16H2,(H,30,31). The van der Waals surface area contributed by atoms with Crippen LogP contribution in [0.1, 0.15) is 43.0 Å². The van der Waals surface area contributed by atoms with E-state index >= 15 is 0 Å². The highest BCUT2D eigenvalue weighted by molar-refractivity contribution is 5.84. The van der Waals surface area contributed by atoms with Gasteiger partial charge in [0.25, 0.3) is 0 Å². The molecule has 0 radical (unpaired) electrons. The molecule has 2 aromatic carbocycles.